The average molecular weight is 432 g/mol. The van der Waals surface area contributed by atoms with Gasteiger partial charge < -0.3 is 15.5 Å². The van der Waals surface area contributed by atoms with Gasteiger partial charge in [0.05, 0.1) is 23.1 Å². The zero-order valence-corrected chi connectivity index (χ0v) is 18.4. The van der Waals surface area contributed by atoms with E-state index in [2.05, 4.69) is 34.0 Å². The standard InChI is InChI=1S/C24H29N7O/c1-26-31(17-21(25)24-20-5-3-4-6-22(20)27-28-24)19-10-7-18(8-11-19)9-12-23(32)30-15-13-29(2)14-16-30/h3-8,10-11,17H,1,9,12-16,25H2,2H3,(H,27,28)/b21-17-. The van der Waals surface area contributed by atoms with Crippen LogP contribution in [0.4, 0.5) is 5.69 Å². The Morgan fingerprint density at radius 1 is 1.19 bits per heavy atom. The molecule has 3 aromatic rings. The first-order valence-corrected chi connectivity index (χ1v) is 10.8. The Bertz CT molecular complexity index is 1110. The van der Waals surface area contributed by atoms with Gasteiger partial charge in [0.2, 0.25) is 5.91 Å². The van der Waals surface area contributed by atoms with E-state index in [-0.39, 0.29) is 5.91 Å². The molecule has 1 amide bonds. The molecule has 0 unspecified atom stereocenters. The minimum absolute atomic E-state index is 0.221. The molecule has 1 aliphatic heterocycles. The summed E-state index contributed by atoms with van der Waals surface area (Å²) in [5.74, 6) is 0.221. The number of carbonyl (C=O) groups is 1. The zero-order valence-electron chi connectivity index (χ0n) is 18.4. The second kappa shape index (κ2) is 9.65. The summed E-state index contributed by atoms with van der Waals surface area (Å²) in [5, 5.41) is 14.0. The third-order valence-electron chi connectivity index (χ3n) is 5.84. The summed E-state index contributed by atoms with van der Waals surface area (Å²) in [6.07, 6.45) is 2.94. The number of aromatic nitrogens is 2. The molecule has 8 heteroatoms. The molecule has 0 atom stereocenters. The number of likely N-dealkylation sites (N-methyl/N-ethyl adjacent to an activating group) is 1. The molecule has 8 nitrogen and oxygen atoms in total. The fourth-order valence-corrected chi connectivity index (χ4v) is 3.85. The number of H-pyrrole nitrogens is 1. The number of para-hydroxylation sites is 1. The summed E-state index contributed by atoms with van der Waals surface area (Å²) >= 11 is 0. The quantitative estimate of drug-likeness (QED) is 0.443. The van der Waals surface area contributed by atoms with Crippen LogP contribution in [0, 0.1) is 0 Å². The monoisotopic (exact) mass is 431 g/mol. The molecule has 32 heavy (non-hydrogen) atoms. The van der Waals surface area contributed by atoms with Gasteiger partial charge in [-0.15, -0.1) is 0 Å². The van der Waals surface area contributed by atoms with Crippen LogP contribution in [-0.2, 0) is 11.2 Å². The number of nitrogens with two attached hydrogens (primary N) is 1. The highest BCUT2D eigenvalue weighted by Gasteiger charge is 2.18. The summed E-state index contributed by atoms with van der Waals surface area (Å²) in [4.78, 5) is 16.7. The first-order chi connectivity index (χ1) is 15.5. The highest BCUT2D eigenvalue weighted by Crippen LogP contribution is 2.23. The predicted molar refractivity (Wildman–Crippen MR) is 129 cm³/mol. The fourth-order valence-electron chi connectivity index (χ4n) is 3.85. The van der Waals surface area contributed by atoms with E-state index >= 15 is 0 Å². The maximum absolute atomic E-state index is 12.5. The number of hydrogen-bond acceptors (Lipinski definition) is 6. The number of anilines is 1. The van der Waals surface area contributed by atoms with Crippen molar-refractivity contribution in [2.24, 2.45) is 10.8 Å². The molecule has 0 radical (unpaired) electrons. The number of piperazine rings is 1. The highest BCUT2D eigenvalue weighted by atomic mass is 16.2. The summed E-state index contributed by atoms with van der Waals surface area (Å²) < 4.78 is 0. The zero-order chi connectivity index (χ0) is 22.5. The van der Waals surface area contributed by atoms with E-state index in [9.17, 15) is 4.79 Å². The number of carbonyl (C=O) groups excluding carboxylic acids is 1. The van der Waals surface area contributed by atoms with Crippen LogP contribution in [0.2, 0.25) is 0 Å². The molecule has 1 fully saturated rings. The average Bonchev–Trinajstić information content (AvgIpc) is 3.26. The van der Waals surface area contributed by atoms with Gasteiger partial charge in [0.15, 0.2) is 0 Å². The number of hydrazone groups is 1. The van der Waals surface area contributed by atoms with Crippen molar-refractivity contribution < 1.29 is 4.79 Å². The lowest BCUT2D eigenvalue weighted by molar-refractivity contribution is -0.132. The van der Waals surface area contributed by atoms with Gasteiger partial charge in [0.25, 0.3) is 0 Å². The number of hydrogen-bond donors (Lipinski definition) is 2. The summed E-state index contributed by atoms with van der Waals surface area (Å²) in [6.45, 7) is 7.17. The fraction of sp³-hybridized carbons (Fsp3) is 0.292. The van der Waals surface area contributed by atoms with Crippen LogP contribution >= 0.6 is 0 Å². The Hall–Kier alpha value is -3.65. The number of nitrogens with zero attached hydrogens (tertiary/aromatic N) is 5. The van der Waals surface area contributed by atoms with E-state index in [0.29, 0.717) is 24.2 Å². The van der Waals surface area contributed by atoms with E-state index in [0.717, 1.165) is 48.3 Å². The lowest BCUT2D eigenvalue weighted by Crippen LogP contribution is -2.47. The van der Waals surface area contributed by atoms with Crippen molar-refractivity contribution in [1.29, 1.82) is 0 Å². The largest absolute Gasteiger partial charge is 0.396 e. The lowest BCUT2D eigenvalue weighted by atomic mass is 10.1. The molecule has 2 aromatic carbocycles. The van der Waals surface area contributed by atoms with Crippen LogP contribution in [0.25, 0.3) is 16.6 Å². The molecule has 1 saturated heterocycles. The van der Waals surface area contributed by atoms with Crippen molar-refractivity contribution in [3.63, 3.8) is 0 Å². The molecular weight excluding hydrogens is 402 g/mol. The van der Waals surface area contributed by atoms with E-state index in [4.69, 9.17) is 5.73 Å². The van der Waals surface area contributed by atoms with Gasteiger partial charge in [-0.1, -0.05) is 30.3 Å². The summed E-state index contributed by atoms with van der Waals surface area (Å²) in [6, 6.07) is 15.8. The first kappa shape index (κ1) is 21.6. The maximum Gasteiger partial charge on any atom is 0.222 e. The third-order valence-corrected chi connectivity index (χ3v) is 5.84. The van der Waals surface area contributed by atoms with E-state index < -0.39 is 0 Å². The molecule has 2 heterocycles. The van der Waals surface area contributed by atoms with Crippen LogP contribution in [0.1, 0.15) is 17.7 Å². The van der Waals surface area contributed by atoms with Crippen LogP contribution in [-0.4, -0.2) is 65.8 Å². The van der Waals surface area contributed by atoms with Crippen LogP contribution < -0.4 is 10.7 Å². The Balaban J connectivity index is 1.40. The van der Waals surface area contributed by atoms with Crippen molar-refractivity contribution in [2.45, 2.75) is 12.8 Å². The van der Waals surface area contributed by atoms with Gasteiger partial charge in [-0.2, -0.15) is 10.2 Å². The molecule has 3 N–H and O–H groups in total. The lowest BCUT2D eigenvalue weighted by Gasteiger charge is -2.32. The normalized spacial score (nSPS) is 15.2. The smallest absolute Gasteiger partial charge is 0.222 e. The second-order valence-electron chi connectivity index (χ2n) is 8.04. The number of aryl methyl sites for hydroxylation is 1. The molecule has 1 aliphatic rings. The topological polar surface area (TPSA) is 93.8 Å². The predicted octanol–water partition coefficient (Wildman–Crippen LogP) is 2.65. The molecule has 0 spiro atoms. The molecule has 4 rings (SSSR count). The van der Waals surface area contributed by atoms with Crippen molar-refractivity contribution in [3.8, 4) is 0 Å². The Morgan fingerprint density at radius 3 is 2.62 bits per heavy atom. The van der Waals surface area contributed by atoms with Gasteiger partial charge in [-0.25, -0.2) is 5.01 Å². The van der Waals surface area contributed by atoms with Crippen LogP contribution in [0.15, 0.2) is 59.8 Å². The summed E-state index contributed by atoms with van der Waals surface area (Å²) in [5.41, 5.74) is 10.3. The molecule has 166 valence electrons. The number of fused-ring (bicyclic) bond motifs is 1. The summed E-state index contributed by atoms with van der Waals surface area (Å²) in [7, 11) is 2.09. The maximum atomic E-state index is 12.5. The molecule has 0 bridgehead atoms. The van der Waals surface area contributed by atoms with Crippen molar-refractivity contribution in [3.05, 3.63) is 66.0 Å². The number of benzene rings is 2. The minimum atomic E-state index is 0.221. The van der Waals surface area contributed by atoms with Gasteiger partial charge in [0.1, 0.15) is 5.69 Å². The molecular formula is C24H29N7O. The first-order valence-electron chi connectivity index (χ1n) is 10.8. The third kappa shape index (κ3) is 4.81. The van der Waals surface area contributed by atoms with Gasteiger partial charge in [-0.05, 0) is 37.2 Å². The number of nitrogens with one attached hydrogen (secondary N) is 1. The van der Waals surface area contributed by atoms with E-state index in [1.807, 2.05) is 53.4 Å². The Kier molecular flexibility index (Phi) is 6.51. The second-order valence-corrected chi connectivity index (χ2v) is 8.04. The highest BCUT2D eigenvalue weighted by molar-refractivity contribution is 5.89. The van der Waals surface area contributed by atoms with Crippen molar-refractivity contribution in [1.82, 2.24) is 20.0 Å². The number of rotatable bonds is 7. The molecule has 0 aliphatic carbocycles. The van der Waals surface area contributed by atoms with Crippen LogP contribution in [0.3, 0.4) is 0 Å². The Morgan fingerprint density at radius 2 is 1.91 bits per heavy atom. The minimum Gasteiger partial charge on any atom is -0.396 e. The van der Waals surface area contributed by atoms with Gasteiger partial charge in [0, 0.05) is 44.7 Å². The van der Waals surface area contributed by atoms with Gasteiger partial charge in [-0.3, -0.25) is 9.89 Å². The SMILES string of the molecule is C=NN(/C=C(\N)c1n[nH]c2ccccc12)c1ccc(CCC(=O)N2CCN(C)CC2)cc1. The van der Waals surface area contributed by atoms with Crippen LogP contribution in [0.5, 0.6) is 0 Å². The van der Waals surface area contributed by atoms with Crippen molar-refractivity contribution in [2.75, 3.05) is 38.2 Å². The van der Waals surface area contributed by atoms with Crippen molar-refractivity contribution >= 4 is 34.9 Å². The van der Waals surface area contributed by atoms with E-state index in [1.54, 1.807) is 11.2 Å². The van der Waals surface area contributed by atoms with E-state index in [1.165, 1.54) is 0 Å². The molecule has 1 aromatic heterocycles. The number of aromatic amines is 1. The Labute approximate surface area is 188 Å². The molecule has 0 saturated carbocycles. The van der Waals surface area contributed by atoms with Gasteiger partial charge >= 0.3 is 0 Å². The number of amides is 1.